The van der Waals surface area contributed by atoms with Gasteiger partial charge in [-0.2, -0.15) is 0 Å². The Labute approximate surface area is 122 Å². The van der Waals surface area contributed by atoms with E-state index in [1.165, 1.54) is 0 Å². The third-order valence-electron chi connectivity index (χ3n) is 3.59. The second-order valence-corrected chi connectivity index (χ2v) is 5.53. The van der Waals surface area contributed by atoms with Crippen LogP contribution in [0.3, 0.4) is 0 Å². The van der Waals surface area contributed by atoms with E-state index in [0.29, 0.717) is 24.5 Å². The maximum atomic E-state index is 11.1. The van der Waals surface area contributed by atoms with Gasteiger partial charge in [0.05, 0.1) is 20.1 Å². The molecule has 0 radical (unpaired) electrons. The zero-order valence-electron chi connectivity index (χ0n) is 11.8. The normalized spacial score (nSPS) is 21.8. The van der Waals surface area contributed by atoms with Gasteiger partial charge in [-0.05, 0) is 30.4 Å². The average Bonchev–Trinajstić information content (AvgIpc) is 2.95. The molecule has 1 aromatic carbocycles. The molecule has 0 aliphatic carbocycles. The minimum atomic E-state index is -0.744. The van der Waals surface area contributed by atoms with Crippen LogP contribution in [0.15, 0.2) is 17.0 Å². The summed E-state index contributed by atoms with van der Waals surface area (Å²) in [5, 5.41) is 12.4. The summed E-state index contributed by atoms with van der Waals surface area (Å²) in [6, 6.07) is 3.92. The third kappa shape index (κ3) is 2.86. The molecule has 1 aliphatic rings. The summed E-state index contributed by atoms with van der Waals surface area (Å²) in [5.74, 6) is 0.281. The van der Waals surface area contributed by atoms with Crippen LogP contribution in [0.2, 0.25) is 0 Å². The molecular formula is C14H19NO4S. The fourth-order valence-electron chi connectivity index (χ4n) is 2.49. The first-order chi connectivity index (χ1) is 9.60. The van der Waals surface area contributed by atoms with Gasteiger partial charge in [0.15, 0.2) is 11.5 Å². The molecule has 1 heterocycles. The van der Waals surface area contributed by atoms with Crippen molar-refractivity contribution in [3.8, 4) is 11.5 Å². The van der Waals surface area contributed by atoms with Gasteiger partial charge in [0, 0.05) is 17.5 Å². The van der Waals surface area contributed by atoms with Crippen LogP contribution in [0.25, 0.3) is 0 Å². The second-order valence-electron chi connectivity index (χ2n) is 4.68. The van der Waals surface area contributed by atoms with Gasteiger partial charge in [-0.25, -0.2) is 0 Å². The van der Waals surface area contributed by atoms with Crippen molar-refractivity contribution in [3.05, 3.63) is 17.7 Å². The van der Waals surface area contributed by atoms with Gasteiger partial charge in [-0.1, -0.05) is 0 Å². The number of ether oxygens (including phenoxy) is 2. The van der Waals surface area contributed by atoms with Gasteiger partial charge in [-0.15, -0.1) is 11.8 Å². The molecule has 20 heavy (non-hydrogen) atoms. The number of benzene rings is 1. The Morgan fingerprint density at radius 3 is 2.50 bits per heavy atom. The first-order valence-corrected chi connectivity index (χ1v) is 7.59. The third-order valence-corrected chi connectivity index (χ3v) is 4.38. The number of carboxylic acids is 1. The molecule has 1 saturated heterocycles. The maximum Gasteiger partial charge on any atom is 0.307 e. The summed E-state index contributed by atoms with van der Waals surface area (Å²) in [6.07, 6.45) is 2.59. The van der Waals surface area contributed by atoms with Crippen LogP contribution in [-0.4, -0.2) is 38.1 Å². The number of hydrogen-bond acceptors (Lipinski definition) is 5. The molecule has 1 aromatic rings. The van der Waals surface area contributed by atoms with E-state index in [9.17, 15) is 4.79 Å². The molecule has 0 spiro atoms. The molecule has 110 valence electrons. The molecule has 2 unspecified atom stereocenters. The lowest BCUT2D eigenvalue weighted by atomic mass is 9.99. The molecule has 1 aliphatic heterocycles. The van der Waals surface area contributed by atoms with E-state index in [1.807, 2.05) is 18.4 Å². The highest BCUT2D eigenvalue weighted by molar-refractivity contribution is 7.98. The summed E-state index contributed by atoms with van der Waals surface area (Å²) in [4.78, 5) is 12.1. The van der Waals surface area contributed by atoms with Gasteiger partial charge < -0.3 is 19.9 Å². The highest BCUT2D eigenvalue weighted by Gasteiger charge is 2.31. The molecule has 5 nitrogen and oxygen atoms in total. The molecule has 0 amide bonds. The Balaban J connectivity index is 2.33. The summed E-state index contributed by atoms with van der Waals surface area (Å²) in [6.45, 7) is 0.502. The van der Waals surface area contributed by atoms with Crippen molar-refractivity contribution < 1.29 is 19.4 Å². The van der Waals surface area contributed by atoms with Crippen LogP contribution < -0.4 is 14.8 Å². The molecule has 2 N–H and O–H groups in total. The van der Waals surface area contributed by atoms with Gasteiger partial charge in [-0.3, -0.25) is 4.79 Å². The molecule has 0 saturated carbocycles. The summed E-state index contributed by atoms with van der Waals surface area (Å²) >= 11 is 1.62. The zero-order valence-corrected chi connectivity index (χ0v) is 12.6. The summed E-state index contributed by atoms with van der Waals surface area (Å²) < 4.78 is 10.6. The molecule has 0 aromatic heterocycles. The quantitative estimate of drug-likeness (QED) is 0.812. The lowest BCUT2D eigenvalue weighted by Crippen LogP contribution is -2.17. The maximum absolute atomic E-state index is 11.1. The van der Waals surface area contributed by atoms with Gasteiger partial charge in [0.1, 0.15) is 0 Å². The molecule has 2 rings (SSSR count). The average molecular weight is 297 g/mol. The standard InChI is InChI=1S/C14H19NO4S/c1-18-11-5-9(13(20-3)6-12(11)19-2)10-4-8(7-15-10)14(16)17/h5-6,8,10,15H,4,7H2,1-3H3,(H,16,17). The van der Waals surface area contributed by atoms with Crippen LogP contribution in [0, 0.1) is 5.92 Å². The highest BCUT2D eigenvalue weighted by atomic mass is 32.2. The number of thioether (sulfide) groups is 1. The van der Waals surface area contributed by atoms with E-state index in [-0.39, 0.29) is 12.0 Å². The van der Waals surface area contributed by atoms with Crippen LogP contribution >= 0.6 is 11.8 Å². The predicted molar refractivity (Wildman–Crippen MR) is 77.8 cm³/mol. The summed E-state index contributed by atoms with van der Waals surface area (Å²) in [5.41, 5.74) is 1.07. The fraction of sp³-hybridized carbons (Fsp3) is 0.500. The predicted octanol–water partition coefficient (Wildman–Crippen LogP) is 2.16. The molecule has 2 atom stereocenters. The van der Waals surface area contributed by atoms with Crippen LogP contribution in [0.4, 0.5) is 0 Å². The summed E-state index contributed by atoms with van der Waals surface area (Å²) in [7, 11) is 3.21. The molecular weight excluding hydrogens is 278 g/mol. The molecule has 6 heteroatoms. The number of carboxylic acid groups (broad SMARTS) is 1. The van der Waals surface area contributed by atoms with E-state index in [1.54, 1.807) is 26.0 Å². The van der Waals surface area contributed by atoms with Crippen molar-refractivity contribution in [1.82, 2.24) is 5.32 Å². The second kappa shape index (κ2) is 6.37. The Bertz CT molecular complexity index is 506. The number of methoxy groups -OCH3 is 2. The number of hydrogen-bond donors (Lipinski definition) is 2. The van der Waals surface area contributed by atoms with Crippen molar-refractivity contribution in [1.29, 1.82) is 0 Å². The van der Waals surface area contributed by atoms with Crippen molar-refractivity contribution >= 4 is 17.7 Å². The fourth-order valence-corrected chi connectivity index (χ4v) is 3.15. The lowest BCUT2D eigenvalue weighted by molar-refractivity contribution is -0.141. The van der Waals surface area contributed by atoms with Crippen molar-refractivity contribution in [3.63, 3.8) is 0 Å². The number of rotatable bonds is 5. The van der Waals surface area contributed by atoms with Crippen LogP contribution in [0.1, 0.15) is 18.0 Å². The monoisotopic (exact) mass is 297 g/mol. The van der Waals surface area contributed by atoms with Crippen LogP contribution in [0.5, 0.6) is 11.5 Å². The minimum absolute atomic E-state index is 0.0401. The van der Waals surface area contributed by atoms with Crippen LogP contribution in [-0.2, 0) is 4.79 Å². The van der Waals surface area contributed by atoms with Crippen molar-refractivity contribution in [2.24, 2.45) is 5.92 Å². The topological polar surface area (TPSA) is 67.8 Å². The van der Waals surface area contributed by atoms with Crippen molar-refractivity contribution in [2.45, 2.75) is 17.4 Å². The Hall–Kier alpha value is -1.40. The Kier molecular flexibility index (Phi) is 4.77. The van der Waals surface area contributed by atoms with Gasteiger partial charge >= 0.3 is 5.97 Å². The number of aliphatic carboxylic acids is 1. The van der Waals surface area contributed by atoms with E-state index >= 15 is 0 Å². The Morgan fingerprint density at radius 2 is 2.00 bits per heavy atom. The molecule has 1 fully saturated rings. The number of nitrogens with one attached hydrogen (secondary N) is 1. The van der Waals surface area contributed by atoms with Gasteiger partial charge in [0.25, 0.3) is 0 Å². The largest absolute Gasteiger partial charge is 0.493 e. The molecule has 0 bridgehead atoms. The SMILES string of the molecule is COc1cc(SC)c(C2CC(C(=O)O)CN2)cc1OC. The van der Waals surface area contributed by atoms with E-state index in [2.05, 4.69) is 5.32 Å². The highest BCUT2D eigenvalue weighted by Crippen LogP contribution is 2.40. The zero-order chi connectivity index (χ0) is 14.7. The van der Waals surface area contributed by atoms with Gasteiger partial charge in [0.2, 0.25) is 0 Å². The van der Waals surface area contributed by atoms with E-state index in [4.69, 9.17) is 14.6 Å². The lowest BCUT2D eigenvalue weighted by Gasteiger charge is -2.18. The Morgan fingerprint density at radius 1 is 1.35 bits per heavy atom. The van der Waals surface area contributed by atoms with E-state index in [0.717, 1.165) is 10.5 Å². The van der Waals surface area contributed by atoms with E-state index < -0.39 is 5.97 Å². The number of carbonyl (C=O) groups is 1. The first-order valence-electron chi connectivity index (χ1n) is 6.36. The first kappa shape index (κ1) is 15.0. The van der Waals surface area contributed by atoms with Crippen molar-refractivity contribution in [2.75, 3.05) is 27.0 Å². The smallest absolute Gasteiger partial charge is 0.307 e. The minimum Gasteiger partial charge on any atom is -0.493 e.